The number of aliphatic hydroxyl groups excluding tert-OH is 1. The molecule has 0 amide bonds. The van der Waals surface area contributed by atoms with Gasteiger partial charge in [0.05, 0.1) is 6.61 Å². The van der Waals surface area contributed by atoms with Gasteiger partial charge >= 0.3 is 0 Å². The molecule has 0 atom stereocenters. The average molecular weight is 303 g/mol. The number of hydrogen-bond donors (Lipinski definition) is 2. The Morgan fingerprint density at radius 3 is 2.58 bits per heavy atom. The van der Waals surface area contributed by atoms with E-state index in [1.807, 2.05) is 0 Å². The van der Waals surface area contributed by atoms with Gasteiger partial charge in [-0.1, -0.05) is 13.8 Å². The lowest BCUT2D eigenvalue weighted by Crippen LogP contribution is -2.38. The molecule has 1 fully saturated rings. The molecule has 0 aromatic carbocycles. The van der Waals surface area contributed by atoms with Crippen LogP contribution in [0.25, 0.3) is 0 Å². The van der Waals surface area contributed by atoms with Gasteiger partial charge in [0.2, 0.25) is 10.0 Å². The lowest BCUT2D eigenvalue weighted by molar-refractivity contribution is 0.218. The molecule has 6 heteroatoms. The van der Waals surface area contributed by atoms with Crippen molar-refractivity contribution in [3.63, 3.8) is 0 Å². The van der Waals surface area contributed by atoms with Crippen LogP contribution >= 0.6 is 11.3 Å². The maximum Gasteiger partial charge on any atom is 0.250 e. The topological polar surface area (TPSA) is 66.4 Å². The first kappa shape index (κ1) is 15.0. The van der Waals surface area contributed by atoms with E-state index in [1.165, 1.54) is 0 Å². The Labute approximate surface area is 118 Å². The molecular weight excluding hydrogens is 282 g/mol. The Balaban J connectivity index is 2.02. The van der Waals surface area contributed by atoms with Crippen molar-refractivity contribution in [2.24, 2.45) is 5.41 Å². The van der Waals surface area contributed by atoms with Crippen LogP contribution in [0.4, 0.5) is 0 Å². The van der Waals surface area contributed by atoms with Gasteiger partial charge < -0.3 is 5.11 Å². The minimum Gasteiger partial charge on any atom is -0.392 e. The van der Waals surface area contributed by atoms with Gasteiger partial charge in [0.1, 0.15) is 4.21 Å². The van der Waals surface area contributed by atoms with Gasteiger partial charge in [-0.2, -0.15) is 0 Å². The predicted octanol–water partition coefficient (Wildman–Crippen LogP) is 2.49. The van der Waals surface area contributed by atoms with E-state index in [0.29, 0.717) is 15.2 Å². The van der Waals surface area contributed by atoms with Crippen LogP contribution in [0.3, 0.4) is 0 Å². The van der Waals surface area contributed by atoms with Crippen molar-refractivity contribution in [3.8, 4) is 0 Å². The molecule has 0 aliphatic heterocycles. The van der Waals surface area contributed by atoms with Crippen LogP contribution in [0.2, 0.25) is 0 Å². The molecule has 1 aromatic heterocycles. The molecule has 1 aliphatic rings. The van der Waals surface area contributed by atoms with Crippen molar-refractivity contribution in [1.82, 2.24) is 4.72 Å². The predicted molar refractivity (Wildman–Crippen MR) is 76.6 cm³/mol. The van der Waals surface area contributed by atoms with Crippen LogP contribution in [0.5, 0.6) is 0 Å². The SMILES string of the molecule is CC1(C)CCC(NS(=O)(=O)c2cc(CO)cs2)CC1. The number of aliphatic hydroxyl groups is 1. The standard InChI is InChI=1S/C13H21NO3S2/c1-13(2)5-3-11(4-6-13)14-19(16,17)12-7-10(8-15)9-18-12/h7,9,11,14-15H,3-6,8H2,1-2H3. The summed E-state index contributed by atoms with van der Waals surface area (Å²) in [5, 5.41) is 10.7. The molecule has 19 heavy (non-hydrogen) atoms. The summed E-state index contributed by atoms with van der Waals surface area (Å²) in [5.41, 5.74) is 0.977. The van der Waals surface area contributed by atoms with Crippen LogP contribution < -0.4 is 4.72 Å². The second-order valence-corrected chi connectivity index (χ2v) is 8.84. The molecule has 2 rings (SSSR count). The second-order valence-electron chi connectivity index (χ2n) is 5.99. The monoisotopic (exact) mass is 303 g/mol. The van der Waals surface area contributed by atoms with Crippen molar-refractivity contribution in [3.05, 3.63) is 17.0 Å². The zero-order chi connectivity index (χ0) is 14.1. The van der Waals surface area contributed by atoms with Crippen molar-refractivity contribution in [2.45, 2.75) is 56.4 Å². The van der Waals surface area contributed by atoms with Gasteiger partial charge in [-0.3, -0.25) is 0 Å². The third kappa shape index (κ3) is 3.78. The summed E-state index contributed by atoms with van der Waals surface area (Å²) in [7, 11) is -3.43. The molecular formula is C13H21NO3S2. The van der Waals surface area contributed by atoms with Gasteiger partial charge in [-0.25, -0.2) is 13.1 Å². The van der Waals surface area contributed by atoms with Gasteiger partial charge in [-0.15, -0.1) is 11.3 Å². The van der Waals surface area contributed by atoms with Crippen LogP contribution in [-0.2, 0) is 16.6 Å². The Morgan fingerprint density at radius 2 is 2.05 bits per heavy atom. The first-order valence-corrected chi connectivity index (χ1v) is 8.89. The van der Waals surface area contributed by atoms with Gasteiger partial charge in [0.25, 0.3) is 0 Å². The van der Waals surface area contributed by atoms with Crippen molar-refractivity contribution in [2.75, 3.05) is 0 Å². The minimum absolute atomic E-state index is 0.0395. The summed E-state index contributed by atoms with van der Waals surface area (Å²) in [6.07, 6.45) is 3.88. The second kappa shape index (κ2) is 5.52. The van der Waals surface area contributed by atoms with E-state index in [1.54, 1.807) is 11.4 Å². The number of thiophene rings is 1. The molecule has 0 saturated heterocycles. The first-order chi connectivity index (χ1) is 8.82. The molecule has 1 saturated carbocycles. The summed E-state index contributed by atoms with van der Waals surface area (Å²) >= 11 is 1.16. The van der Waals surface area contributed by atoms with E-state index in [9.17, 15) is 8.42 Å². The fourth-order valence-electron chi connectivity index (χ4n) is 2.37. The molecule has 2 N–H and O–H groups in total. The molecule has 0 unspecified atom stereocenters. The molecule has 1 aromatic rings. The van der Waals surface area contributed by atoms with Crippen molar-refractivity contribution in [1.29, 1.82) is 0 Å². The molecule has 0 radical (unpaired) electrons. The summed E-state index contributed by atoms with van der Waals surface area (Å²) in [4.78, 5) is 0. The van der Waals surface area contributed by atoms with E-state index in [4.69, 9.17) is 5.11 Å². The van der Waals surface area contributed by atoms with Crippen molar-refractivity contribution < 1.29 is 13.5 Å². The van der Waals surface area contributed by atoms with E-state index >= 15 is 0 Å². The Hall–Kier alpha value is -0.430. The quantitative estimate of drug-likeness (QED) is 0.898. The highest BCUT2D eigenvalue weighted by Crippen LogP contribution is 2.35. The molecule has 4 nitrogen and oxygen atoms in total. The minimum atomic E-state index is -3.43. The lowest BCUT2D eigenvalue weighted by atomic mass is 9.76. The summed E-state index contributed by atoms with van der Waals surface area (Å²) in [6, 6.07) is 1.58. The number of rotatable bonds is 4. The van der Waals surface area contributed by atoms with E-state index in [-0.39, 0.29) is 12.6 Å². The Kier molecular flexibility index (Phi) is 4.35. The van der Waals surface area contributed by atoms with Gasteiger partial charge in [0.15, 0.2) is 0 Å². The number of nitrogens with one attached hydrogen (secondary N) is 1. The highest BCUT2D eigenvalue weighted by molar-refractivity contribution is 7.91. The van der Waals surface area contributed by atoms with E-state index in [2.05, 4.69) is 18.6 Å². The average Bonchev–Trinajstić information content (AvgIpc) is 2.81. The summed E-state index contributed by atoms with van der Waals surface area (Å²) < 4.78 is 27.5. The smallest absolute Gasteiger partial charge is 0.250 e. The highest BCUT2D eigenvalue weighted by atomic mass is 32.2. The normalized spacial score (nSPS) is 20.6. The lowest BCUT2D eigenvalue weighted by Gasteiger charge is -2.34. The first-order valence-electron chi connectivity index (χ1n) is 6.53. The third-order valence-electron chi connectivity index (χ3n) is 3.74. The maximum absolute atomic E-state index is 12.2. The summed E-state index contributed by atoms with van der Waals surface area (Å²) in [6.45, 7) is 4.33. The number of sulfonamides is 1. The van der Waals surface area contributed by atoms with Crippen LogP contribution in [-0.4, -0.2) is 19.6 Å². The fraction of sp³-hybridized carbons (Fsp3) is 0.692. The Morgan fingerprint density at radius 1 is 1.42 bits per heavy atom. The molecule has 1 aliphatic carbocycles. The van der Waals surface area contributed by atoms with Crippen LogP contribution in [0, 0.1) is 5.41 Å². The summed E-state index contributed by atoms with van der Waals surface area (Å²) in [5.74, 6) is 0. The molecule has 1 heterocycles. The molecule has 0 spiro atoms. The zero-order valence-corrected chi connectivity index (χ0v) is 13.0. The van der Waals surface area contributed by atoms with Crippen LogP contribution in [0.15, 0.2) is 15.7 Å². The zero-order valence-electron chi connectivity index (χ0n) is 11.3. The Bertz CT molecular complexity index is 524. The van der Waals surface area contributed by atoms with Gasteiger partial charge in [-0.05, 0) is 48.1 Å². The molecule has 108 valence electrons. The maximum atomic E-state index is 12.2. The number of hydrogen-bond acceptors (Lipinski definition) is 4. The van der Waals surface area contributed by atoms with Crippen LogP contribution in [0.1, 0.15) is 45.1 Å². The van der Waals surface area contributed by atoms with Crippen molar-refractivity contribution >= 4 is 21.4 Å². The highest BCUT2D eigenvalue weighted by Gasteiger charge is 2.30. The third-order valence-corrected chi connectivity index (χ3v) is 6.75. The largest absolute Gasteiger partial charge is 0.392 e. The van der Waals surface area contributed by atoms with Gasteiger partial charge in [0, 0.05) is 6.04 Å². The van der Waals surface area contributed by atoms with E-state index < -0.39 is 10.0 Å². The van der Waals surface area contributed by atoms with E-state index in [0.717, 1.165) is 37.0 Å². The molecule has 0 bridgehead atoms. The fourth-order valence-corrected chi connectivity index (χ4v) is 4.89.